The van der Waals surface area contributed by atoms with Gasteiger partial charge in [-0.15, -0.1) is 0 Å². The first-order valence-corrected chi connectivity index (χ1v) is 5.94. The number of amides is 1. The lowest BCUT2D eigenvalue weighted by Gasteiger charge is -2.32. The van der Waals surface area contributed by atoms with Crippen molar-refractivity contribution in [2.24, 2.45) is 0 Å². The normalized spacial score (nSPS) is 27.9. The van der Waals surface area contributed by atoms with Crippen LogP contribution in [0.5, 0.6) is 0 Å². The number of carbonyl (C=O) groups excluding carboxylic acids is 1. The van der Waals surface area contributed by atoms with Crippen LogP contribution in [0.3, 0.4) is 0 Å². The van der Waals surface area contributed by atoms with Gasteiger partial charge in [0.15, 0.2) is 0 Å². The monoisotopic (exact) mass is 251 g/mol. The molecule has 1 aliphatic rings. The fraction of sp³-hybridized carbons (Fsp3) is 0.462. The first-order chi connectivity index (χ1) is 8.66. The number of piperidine rings is 1. The number of carbonyl (C=O) groups is 1. The highest BCUT2D eigenvalue weighted by Crippen LogP contribution is 2.11. The summed E-state index contributed by atoms with van der Waals surface area (Å²) in [6, 6.07) is 9.07. The van der Waals surface area contributed by atoms with Gasteiger partial charge in [-0.05, 0) is 5.56 Å². The molecule has 3 N–H and O–H groups in total. The standard InChI is InChI=1S/C13H17NO4/c15-11-6-12(16)14-10(13(11)17)8-18-7-9-4-2-1-3-5-9/h1-5,10-11,13,15,17H,6-8H2,(H,14,16)/t10-,11+,13-/m0/s1. The van der Waals surface area contributed by atoms with E-state index in [4.69, 9.17) is 4.74 Å². The fourth-order valence-electron chi connectivity index (χ4n) is 1.95. The Morgan fingerprint density at radius 2 is 2.00 bits per heavy atom. The molecule has 0 saturated carbocycles. The van der Waals surface area contributed by atoms with Gasteiger partial charge in [-0.25, -0.2) is 0 Å². The maximum Gasteiger partial charge on any atom is 0.223 e. The maximum absolute atomic E-state index is 11.2. The number of hydrogen-bond acceptors (Lipinski definition) is 4. The largest absolute Gasteiger partial charge is 0.390 e. The third-order valence-corrected chi connectivity index (χ3v) is 2.96. The molecule has 0 aliphatic carbocycles. The summed E-state index contributed by atoms with van der Waals surface area (Å²) in [6.07, 6.45) is -2.04. The minimum Gasteiger partial charge on any atom is -0.390 e. The summed E-state index contributed by atoms with van der Waals surface area (Å²) < 4.78 is 5.44. The molecule has 0 unspecified atom stereocenters. The molecule has 0 spiro atoms. The minimum atomic E-state index is -1.01. The van der Waals surface area contributed by atoms with Crippen LogP contribution in [0.25, 0.3) is 0 Å². The molecule has 18 heavy (non-hydrogen) atoms. The van der Waals surface area contributed by atoms with Crippen LogP contribution in [-0.2, 0) is 16.1 Å². The summed E-state index contributed by atoms with van der Waals surface area (Å²) in [4.78, 5) is 11.2. The van der Waals surface area contributed by atoms with Crippen molar-refractivity contribution < 1.29 is 19.7 Å². The molecular weight excluding hydrogens is 234 g/mol. The van der Waals surface area contributed by atoms with Gasteiger partial charge < -0.3 is 20.3 Å². The van der Waals surface area contributed by atoms with E-state index in [1.807, 2.05) is 30.3 Å². The molecule has 1 amide bonds. The van der Waals surface area contributed by atoms with Gasteiger partial charge in [-0.1, -0.05) is 30.3 Å². The second-order valence-corrected chi connectivity index (χ2v) is 4.44. The van der Waals surface area contributed by atoms with Gasteiger partial charge in [-0.2, -0.15) is 0 Å². The molecule has 0 bridgehead atoms. The Morgan fingerprint density at radius 1 is 1.28 bits per heavy atom. The van der Waals surface area contributed by atoms with Gasteiger partial charge in [-0.3, -0.25) is 4.79 Å². The highest BCUT2D eigenvalue weighted by atomic mass is 16.5. The number of rotatable bonds is 4. The van der Waals surface area contributed by atoms with Gasteiger partial charge in [0, 0.05) is 0 Å². The van der Waals surface area contributed by atoms with Gasteiger partial charge in [0.05, 0.1) is 31.8 Å². The topological polar surface area (TPSA) is 78.8 Å². The molecular formula is C13H17NO4. The molecule has 1 heterocycles. The summed E-state index contributed by atoms with van der Waals surface area (Å²) in [6.45, 7) is 0.592. The molecule has 3 atom stereocenters. The first kappa shape index (κ1) is 13.0. The highest BCUT2D eigenvalue weighted by molar-refractivity contribution is 5.78. The van der Waals surface area contributed by atoms with Crippen LogP contribution < -0.4 is 5.32 Å². The van der Waals surface area contributed by atoms with Crippen molar-refractivity contribution in [1.29, 1.82) is 0 Å². The second-order valence-electron chi connectivity index (χ2n) is 4.44. The summed E-state index contributed by atoms with van der Waals surface area (Å²) in [5, 5.41) is 21.8. The molecule has 5 heteroatoms. The third-order valence-electron chi connectivity index (χ3n) is 2.96. The maximum atomic E-state index is 11.2. The molecule has 1 fully saturated rings. The van der Waals surface area contributed by atoms with Crippen LogP contribution in [0.1, 0.15) is 12.0 Å². The van der Waals surface area contributed by atoms with Crippen LogP contribution in [0.4, 0.5) is 0 Å². The summed E-state index contributed by atoms with van der Waals surface area (Å²) in [5.41, 5.74) is 1.02. The smallest absolute Gasteiger partial charge is 0.223 e. The van der Waals surface area contributed by atoms with Gasteiger partial charge >= 0.3 is 0 Å². The van der Waals surface area contributed by atoms with Crippen molar-refractivity contribution in [2.45, 2.75) is 31.3 Å². The lowest BCUT2D eigenvalue weighted by molar-refractivity contribution is -0.135. The van der Waals surface area contributed by atoms with Gasteiger partial charge in [0.1, 0.15) is 6.10 Å². The predicted molar refractivity (Wildman–Crippen MR) is 64.7 cm³/mol. The second kappa shape index (κ2) is 5.95. The number of ether oxygens (including phenoxy) is 1. The Hall–Kier alpha value is -1.43. The van der Waals surface area contributed by atoms with Gasteiger partial charge in [0.2, 0.25) is 5.91 Å². The van der Waals surface area contributed by atoms with E-state index in [-0.39, 0.29) is 18.9 Å². The Balaban J connectivity index is 1.81. The lowest BCUT2D eigenvalue weighted by atomic mass is 9.98. The molecule has 98 valence electrons. The zero-order valence-electron chi connectivity index (χ0n) is 9.95. The van der Waals surface area contributed by atoms with Crippen LogP contribution >= 0.6 is 0 Å². The van der Waals surface area contributed by atoms with E-state index in [2.05, 4.69) is 5.32 Å². The quantitative estimate of drug-likeness (QED) is 0.693. The fourth-order valence-corrected chi connectivity index (χ4v) is 1.95. The van der Waals surface area contributed by atoms with Crippen molar-refractivity contribution in [2.75, 3.05) is 6.61 Å². The Kier molecular flexibility index (Phi) is 4.30. The van der Waals surface area contributed by atoms with E-state index in [9.17, 15) is 15.0 Å². The molecule has 2 rings (SSSR count). The van der Waals surface area contributed by atoms with Gasteiger partial charge in [0.25, 0.3) is 0 Å². The van der Waals surface area contributed by atoms with E-state index in [1.165, 1.54) is 0 Å². The SMILES string of the molecule is O=C1C[C@@H](O)[C@@H](O)[C@H](COCc2ccccc2)N1. The van der Waals surface area contributed by atoms with Crippen LogP contribution in [0.2, 0.25) is 0 Å². The number of nitrogens with one attached hydrogen (secondary N) is 1. The molecule has 1 aromatic rings. The van der Waals surface area contributed by atoms with E-state index >= 15 is 0 Å². The summed E-state index contributed by atoms with van der Waals surface area (Å²) in [7, 11) is 0. The number of benzene rings is 1. The van der Waals surface area contributed by atoms with Crippen LogP contribution in [-0.4, -0.2) is 41.0 Å². The summed E-state index contributed by atoms with van der Waals surface area (Å²) in [5.74, 6) is -0.263. The van der Waals surface area contributed by atoms with Crippen molar-refractivity contribution in [3.8, 4) is 0 Å². The zero-order chi connectivity index (χ0) is 13.0. The Labute approximate surface area is 105 Å². The number of hydrogen-bond donors (Lipinski definition) is 3. The average Bonchev–Trinajstić information content (AvgIpc) is 2.36. The van der Waals surface area contributed by atoms with Crippen molar-refractivity contribution >= 4 is 5.91 Å². The average molecular weight is 251 g/mol. The Bertz CT molecular complexity index is 395. The molecule has 1 saturated heterocycles. The van der Waals surface area contributed by atoms with Crippen LogP contribution in [0, 0.1) is 0 Å². The van der Waals surface area contributed by atoms with Crippen molar-refractivity contribution in [3.05, 3.63) is 35.9 Å². The minimum absolute atomic E-state index is 0.0592. The van der Waals surface area contributed by atoms with Crippen molar-refractivity contribution in [1.82, 2.24) is 5.32 Å². The van der Waals surface area contributed by atoms with E-state index < -0.39 is 18.2 Å². The Morgan fingerprint density at radius 3 is 2.72 bits per heavy atom. The van der Waals surface area contributed by atoms with Crippen molar-refractivity contribution in [3.63, 3.8) is 0 Å². The van der Waals surface area contributed by atoms with Crippen LogP contribution in [0.15, 0.2) is 30.3 Å². The third kappa shape index (κ3) is 3.29. The van der Waals surface area contributed by atoms with E-state index in [1.54, 1.807) is 0 Å². The molecule has 1 aliphatic heterocycles. The molecule has 0 radical (unpaired) electrons. The highest BCUT2D eigenvalue weighted by Gasteiger charge is 2.34. The zero-order valence-corrected chi connectivity index (χ0v) is 9.95. The first-order valence-electron chi connectivity index (χ1n) is 5.94. The summed E-state index contributed by atoms with van der Waals surface area (Å²) >= 11 is 0. The number of aliphatic hydroxyl groups excluding tert-OH is 2. The molecule has 0 aromatic heterocycles. The lowest BCUT2D eigenvalue weighted by Crippen LogP contribution is -2.56. The predicted octanol–water partition coefficient (Wildman–Crippen LogP) is -0.187. The van der Waals surface area contributed by atoms with E-state index in [0.717, 1.165) is 5.56 Å². The molecule has 1 aromatic carbocycles. The number of aliphatic hydroxyl groups is 2. The van der Waals surface area contributed by atoms with E-state index in [0.29, 0.717) is 6.61 Å². The molecule has 5 nitrogen and oxygen atoms in total.